The van der Waals surface area contributed by atoms with Crippen molar-refractivity contribution in [3.8, 4) is 11.5 Å². The number of pyridine rings is 1. The van der Waals surface area contributed by atoms with E-state index in [0.717, 1.165) is 23.7 Å². The van der Waals surface area contributed by atoms with Crippen LogP contribution >= 0.6 is 0 Å². The highest BCUT2D eigenvalue weighted by Gasteiger charge is 2.05. The highest BCUT2D eigenvalue weighted by atomic mass is 16.5. The number of nitrogens with one attached hydrogen (secondary N) is 1. The molecule has 0 aliphatic rings. The molecule has 4 nitrogen and oxygen atoms in total. The van der Waals surface area contributed by atoms with Gasteiger partial charge in [-0.2, -0.15) is 0 Å². The van der Waals surface area contributed by atoms with Gasteiger partial charge in [-0.1, -0.05) is 25.1 Å². The van der Waals surface area contributed by atoms with Gasteiger partial charge in [-0.3, -0.25) is 4.98 Å². The lowest BCUT2D eigenvalue weighted by Gasteiger charge is -2.12. The maximum Gasteiger partial charge on any atom is 0.137 e. The van der Waals surface area contributed by atoms with Gasteiger partial charge in [-0.15, -0.1) is 0 Å². The molecule has 1 atom stereocenters. The van der Waals surface area contributed by atoms with Crippen LogP contribution in [0.3, 0.4) is 0 Å². The summed E-state index contributed by atoms with van der Waals surface area (Å²) in [4.78, 5) is 4.41. The summed E-state index contributed by atoms with van der Waals surface area (Å²) in [6.45, 7) is 6.12. The van der Waals surface area contributed by atoms with E-state index >= 15 is 0 Å². The van der Waals surface area contributed by atoms with E-state index in [-0.39, 0.29) is 6.04 Å². The maximum atomic E-state index is 5.61. The largest absolute Gasteiger partial charge is 0.490 e. The van der Waals surface area contributed by atoms with Gasteiger partial charge < -0.3 is 14.8 Å². The normalized spacial score (nSPS) is 11.9. The van der Waals surface area contributed by atoms with Gasteiger partial charge >= 0.3 is 0 Å². The van der Waals surface area contributed by atoms with Crippen LogP contribution < -0.4 is 14.8 Å². The van der Waals surface area contributed by atoms with E-state index < -0.39 is 0 Å². The molecule has 21 heavy (non-hydrogen) atoms. The van der Waals surface area contributed by atoms with Crippen molar-refractivity contribution in [2.75, 3.05) is 19.8 Å². The van der Waals surface area contributed by atoms with Crippen LogP contribution in [-0.2, 0) is 0 Å². The number of ether oxygens (including phenoxy) is 2. The maximum absolute atomic E-state index is 5.61. The molecule has 1 heterocycles. The first-order valence-electron chi connectivity index (χ1n) is 7.29. The molecule has 1 aromatic carbocycles. The molecule has 0 bridgehead atoms. The van der Waals surface area contributed by atoms with Crippen molar-refractivity contribution in [3.05, 3.63) is 54.4 Å². The Morgan fingerprint density at radius 3 is 2.33 bits per heavy atom. The number of benzene rings is 1. The molecule has 4 heteroatoms. The Hall–Kier alpha value is -2.07. The summed E-state index contributed by atoms with van der Waals surface area (Å²) < 4.78 is 11.2. The van der Waals surface area contributed by atoms with E-state index in [0.29, 0.717) is 13.2 Å². The molecule has 1 aromatic heterocycles. The number of rotatable bonds is 8. The standard InChI is InChI=1S/C17H22N2O2/c1-3-18-14(2)17-10-9-16(13-19-17)21-12-11-20-15-7-5-4-6-8-15/h4-10,13-14,18H,3,11-12H2,1-2H3. The van der Waals surface area contributed by atoms with Crippen molar-refractivity contribution in [2.24, 2.45) is 0 Å². The molecule has 0 saturated carbocycles. The summed E-state index contributed by atoms with van der Waals surface area (Å²) in [5.41, 5.74) is 1.02. The monoisotopic (exact) mass is 286 g/mol. The van der Waals surface area contributed by atoms with Gasteiger partial charge in [-0.25, -0.2) is 0 Å². The van der Waals surface area contributed by atoms with Crippen molar-refractivity contribution in [1.82, 2.24) is 10.3 Å². The van der Waals surface area contributed by atoms with Gasteiger partial charge in [0, 0.05) is 6.04 Å². The van der Waals surface area contributed by atoms with Gasteiger partial charge in [0.25, 0.3) is 0 Å². The zero-order valence-electron chi connectivity index (χ0n) is 12.6. The smallest absolute Gasteiger partial charge is 0.137 e. The minimum atomic E-state index is 0.255. The van der Waals surface area contributed by atoms with Crippen molar-refractivity contribution >= 4 is 0 Å². The van der Waals surface area contributed by atoms with Gasteiger partial charge in [0.1, 0.15) is 24.7 Å². The van der Waals surface area contributed by atoms with Crippen LogP contribution in [0.4, 0.5) is 0 Å². The molecule has 0 saturated heterocycles. The van der Waals surface area contributed by atoms with Crippen molar-refractivity contribution < 1.29 is 9.47 Å². The average molecular weight is 286 g/mol. The molecule has 0 amide bonds. The first-order chi connectivity index (χ1) is 10.3. The van der Waals surface area contributed by atoms with Gasteiger partial charge in [0.2, 0.25) is 0 Å². The Morgan fingerprint density at radius 2 is 1.71 bits per heavy atom. The predicted octanol–water partition coefficient (Wildman–Crippen LogP) is 3.21. The van der Waals surface area contributed by atoms with E-state index in [9.17, 15) is 0 Å². The van der Waals surface area contributed by atoms with Crippen LogP contribution in [0.5, 0.6) is 11.5 Å². The molecule has 0 radical (unpaired) electrons. The van der Waals surface area contributed by atoms with Crippen molar-refractivity contribution in [1.29, 1.82) is 0 Å². The Labute approximate surface area is 126 Å². The molecule has 0 aliphatic carbocycles. The van der Waals surface area contributed by atoms with E-state index in [2.05, 4.69) is 24.1 Å². The molecule has 0 fully saturated rings. The lowest BCUT2D eigenvalue weighted by Crippen LogP contribution is -2.18. The summed E-state index contributed by atoms with van der Waals surface area (Å²) in [6.07, 6.45) is 1.76. The first kappa shape index (κ1) is 15.3. The fraction of sp³-hybridized carbons (Fsp3) is 0.353. The van der Waals surface area contributed by atoms with Gasteiger partial charge in [0.15, 0.2) is 0 Å². The molecular weight excluding hydrogens is 264 g/mol. The fourth-order valence-corrected chi connectivity index (χ4v) is 1.98. The summed E-state index contributed by atoms with van der Waals surface area (Å²) in [5.74, 6) is 1.62. The third-order valence-electron chi connectivity index (χ3n) is 3.08. The SMILES string of the molecule is CCNC(C)c1ccc(OCCOc2ccccc2)cn1. The van der Waals surface area contributed by atoms with Crippen molar-refractivity contribution in [3.63, 3.8) is 0 Å². The van der Waals surface area contributed by atoms with Crippen LogP contribution in [0.25, 0.3) is 0 Å². The second-order valence-electron chi connectivity index (χ2n) is 4.71. The Balaban J connectivity index is 1.73. The number of hydrogen-bond acceptors (Lipinski definition) is 4. The molecule has 0 aliphatic heterocycles. The Kier molecular flexibility index (Phi) is 6.03. The van der Waals surface area contributed by atoms with E-state index in [1.165, 1.54) is 0 Å². The number of para-hydroxylation sites is 1. The summed E-state index contributed by atoms with van der Waals surface area (Å²) in [6, 6.07) is 13.9. The average Bonchev–Trinajstić information content (AvgIpc) is 2.53. The molecule has 0 spiro atoms. The number of aromatic nitrogens is 1. The van der Waals surface area contributed by atoms with Crippen LogP contribution in [0.1, 0.15) is 25.6 Å². The predicted molar refractivity (Wildman–Crippen MR) is 83.8 cm³/mol. The number of hydrogen-bond donors (Lipinski definition) is 1. The van der Waals surface area contributed by atoms with Crippen LogP contribution in [-0.4, -0.2) is 24.7 Å². The molecule has 112 valence electrons. The molecule has 1 N–H and O–H groups in total. The zero-order chi connectivity index (χ0) is 14.9. The minimum Gasteiger partial charge on any atom is -0.490 e. The van der Waals surface area contributed by atoms with E-state index in [1.807, 2.05) is 42.5 Å². The van der Waals surface area contributed by atoms with E-state index in [4.69, 9.17) is 9.47 Å². The fourth-order valence-electron chi connectivity index (χ4n) is 1.98. The van der Waals surface area contributed by atoms with E-state index in [1.54, 1.807) is 6.20 Å². The lowest BCUT2D eigenvalue weighted by molar-refractivity contribution is 0.216. The highest BCUT2D eigenvalue weighted by Crippen LogP contribution is 2.14. The molecule has 2 aromatic rings. The van der Waals surface area contributed by atoms with Crippen LogP contribution in [0, 0.1) is 0 Å². The quantitative estimate of drug-likeness (QED) is 0.757. The third kappa shape index (κ3) is 5.08. The van der Waals surface area contributed by atoms with Crippen LogP contribution in [0.15, 0.2) is 48.7 Å². The molecule has 2 rings (SSSR count). The van der Waals surface area contributed by atoms with Gasteiger partial charge in [-0.05, 0) is 37.7 Å². The Morgan fingerprint density at radius 1 is 1.00 bits per heavy atom. The summed E-state index contributed by atoms with van der Waals surface area (Å²) >= 11 is 0. The van der Waals surface area contributed by atoms with Crippen molar-refractivity contribution in [2.45, 2.75) is 19.9 Å². The zero-order valence-corrected chi connectivity index (χ0v) is 12.6. The third-order valence-corrected chi connectivity index (χ3v) is 3.08. The second-order valence-corrected chi connectivity index (χ2v) is 4.71. The minimum absolute atomic E-state index is 0.255. The summed E-state index contributed by atoms with van der Waals surface area (Å²) in [5, 5.41) is 3.33. The second kappa shape index (κ2) is 8.27. The topological polar surface area (TPSA) is 43.4 Å². The first-order valence-corrected chi connectivity index (χ1v) is 7.29. The van der Waals surface area contributed by atoms with Crippen LogP contribution in [0.2, 0.25) is 0 Å². The Bertz CT molecular complexity index is 514. The molecule has 1 unspecified atom stereocenters. The lowest BCUT2D eigenvalue weighted by atomic mass is 10.2. The molecular formula is C17H22N2O2. The highest BCUT2D eigenvalue weighted by molar-refractivity contribution is 5.22. The number of nitrogens with zero attached hydrogens (tertiary/aromatic N) is 1. The summed E-state index contributed by atoms with van der Waals surface area (Å²) in [7, 11) is 0. The van der Waals surface area contributed by atoms with Gasteiger partial charge in [0.05, 0.1) is 11.9 Å².